The van der Waals surface area contributed by atoms with Gasteiger partial charge in [-0.3, -0.25) is 25.0 Å². The van der Waals surface area contributed by atoms with Gasteiger partial charge >= 0.3 is 6.03 Å². The van der Waals surface area contributed by atoms with Crippen molar-refractivity contribution in [1.29, 1.82) is 0 Å². The number of Topliss-reactive ketones (excluding diaryl/α,β-unsaturated/α-hetero) is 1. The molecule has 0 spiro atoms. The maximum absolute atomic E-state index is 12.5. The SMILES string of the molecule is O=C1NC(=O)C(C(CC(=O)c2ccccc2)c2cccs2)C(=O)N1. The molecule has 0 radical (unpaired) electrons. The van der Waals surface area contributed by atoms with E-state index < -0.39 is 29.7 Å². The van der Waals surface area contributed by atoms with Crippen LogP contribution in [-0.4, -0.2) is 23.6 Å². The van der Waals surface area contributed by atoms with E-state index in [-0.39, 0.29) is 12.2 Å². The molecule has 7 heteroatoms. The predicted molar refractivity (Wildman–Crippen MR) is 87.6 cm³/mol. The maximum Gasteiger partial charge on any atom is 0.328 e. The van der Waals surface area contributed by atoms with Gasteiger partial charge in [0.1, 0.15) is 5.92 Å². The number of thiophene rings is 1. The molecule has 1 aliphatic heterocycles. The maximum atomic E-state index is 12.5. The topological polar surface area (TPSA) is 92.3 Å². The molecule has 1 saturated heterocycles. The number of imide groups is 2. The highest BCUT2D eigenvalue weighted by molar-refractivity contribution is 7.10. The fourth-order valence-electron chi connectivity index (χ4n) is 2.72. The summed E-state index contributed by atoms with van der Waals surface area (Å²) in [6.45, 7) is 0. The summed E-state index contributed by atoms with van der Waals surface area (Å²) in [5.41, 5.74) is 0.520. The number of hydrogen-bond donors (Lipinski definition) is 2. The van der Waals surface area contributed by atoms with Gasteiger partial charge in [-0.25, -0.2) is 4.79 Å². The zero-order valence-electron chi connectivity index (χ0n) is 12.5. The molecule has 1 aliphatic rings. The molecule has 0 saturated carbocycles. The number of rotatable bonds is 5. The average Bonchev–Trinajstić information content (AvgIpc) is 3.08. The lowest BCUT2D eigenvalue weighted by atomic mass is 9.83. The van der Waals surface area contributed by atoms with Crippen molar-refractivity contribution in [3.8, 4) is 0 Å². The molecule has 1 unspecified atom stereocenters. The minimum atomic E-state index is -1.12. The van der Waals surface area contributed by atoms with Gasteiger partial charge in [-0.1, -0.05) is 36.4 Å². The minimum Gasteiger partial charge on any atom is -0.294 e. The number of benzene rings is 1. The van der Waals surface area contributed by atoms with Crippen LogP contribution in [0.5, 0.6) is 0 Å². The van der Waals surface area contributed by atoms with Gasteiger partial charge in [-0.15, -0.1) is 11.3 Å². The lowest BCUT2D eigenvalue weighted by Gasteiger charge is -2.27. The third kappa shape index (κ3) is 3.26. The fraction of sp³-hybridized carbons (Fsp3) is 0.176. The monoisotopic (exact) mass is 342 g/mol. The second-order valence-electron chi connectivity index (χ2n) is 5.40. The van der Waals surface area contributed by atoms with Crippen molar-refractivity contribution in [2.75, 3.05) is 0 Å². The van der Waals surface area contributed by atoms with E-state index in [1.165, 1.54) is 11.3 Å². The Bertz CT molecular complexity index is 766. The molecule has 0 bridgehead atoms. The summed E-state index contributed by atoms with van der Waals surface area (Å²) in [6, 6.07) is 11.4. The lowest BCUT2D eigenvalue weighted by molar-refractivity contribution is -0.136. The Morgan fingerprint density at radius 3 is 2.25 bits per heavy atom. The van der Waals surface area contributed by atoms with Gasteiger partial charge in [-0.2, -0.15) is 0 Å². The van der Waals surface area contributed by atoms with Gasteiger partial charge in [0.25, 0.3) is 0 Å². The first-order chi connectivity index (χ1) is 11.6. The Morgan fingerprint density at radius 2 is 1.67 bits per heavy atom. The molecule has 2 heterocycles. The Balaban J connectivity index is 1.90. The number of urea groups is 1. The Kier molecular flexibility index (Phi) is 4.52. The largest absolute Gasteiger partial charge is 0.328 e. The molecular weight excluding hydrogens is 328 g/mol. The summed E-state index contributed by atoms with van der Waals surface area (Å²) in [6.07, 6.45) is 0.00419. The molecule has 122 valence electrons. The van der Waals surface area contributed by atoms with Gasteiger partial charge in [0.05, 0.1) is 0 Å². The van der Waals surface area contributed by atoms with Crippen molar-refractivity contribution < 1.29 is 19.2 Å². The first kappa shape index (κ1) is 16.1. The van der Waals surface area contributed by atoms with E-state index in [9.17, 15) is 19.2 Å². The molecular formula is C17H14N2O4S. The van der Waals surface area contributed by atoms with Crippen LogP contribution in [0.1, 0.15) is 27.6 Å². The minimum absolute atomic E-state index is 0.00419. The van der Waals surface area contributed by atoms with Crippen LogP contribution < -0.4 is 10.6 Å². The molecule has 4 amide bonds. The summed E-state index contributed by atoms with van der Waals surface area (Å²) in [5.74, 6) is -3.25. The van der Waals surface area contributed by atoms with Gasteiger partial charge in [0.2, 0.25) is 11.8 Å². The van der Waals surface area contributed by atoms with Crippen LogP contribution in [0.3, 0.4) is 0 Å². The number of amides is 4. The molecule has 0 aliphatic carbocycles. The lowest BCUT2D eigenvalue weighted by Crippen LogP contribution is -2.57. The Hall–Kier alpha value is -2.80. The van der Waals surface area contributed by atoms with E-state index in [0.717, 1.165) is 4.88 Å². The van der Waals surface area contributed by atoms with Crippen molar-refractivity contribution in [2.45, 2.75) is 12.3 Å². The summed E-state index contributed by atoms with van der Waals surface area (Å²) in [7, 11) is 0. The van der Waals surface area contributed by atoms with Crippen LogP contribution in [-0.2, 0) is 9.59 Å². The second kappa shape index (κ2) is 6.76. The first-order valence-corrected chi connectivity index (χ1v) is 8.21. The molecule has 2 aromatic rings. The van der Waals surface area contributed by atoms with Crippen LogP contribution in [0.4, 0.5) is 4.79 Å². The smallest absolute Gasteiger partial charge is 0.294 e. The number of nitrogens with one attached hydrogen (secondary N) is 2. The van der Waals surface area contributed by atoms with E-state index in [1.807, 2.05) is 5.38 Å². The van der Waals surface area contributed by atoms with Crippen LogP contribution >= 0.6 is 11.3 Å². The first-order valence-electron chi connectivity index (χ1n) is 7.33. The van der Waals surface area contributed by atoms with Crippen molar-refractivity contribution in [3.05, 3.63) is 58.3 Å². The fourth-order valence-corrected chi connectivity index (χ4v) is 3.59. The van der Waals surface area contributed by atoms with E-state index in [1.54, 1.807) is 42.5 Å². The van der Waals surface area contributed by atoms with Crippen molar-refractivity contribution in [1.82, 2.24) is 10.6 Å². The summed E-state index contributed by atoms with van der Waals surface area (Å²) < 4.78 is 0. The zero-order chi connectivity index (χ0) is 17.1. The standard InChI is InChI=1S/C17H14N2O4S/c20-12(10-5-2-1-3-6-10)9-11(13-7-4-8-24-13)14-15(21)18-17(23)19-16(14)22/h1-8,11,14H,9H2,(H2,18,19,21,22,23). The van der Waals surface area contributed by atoms with Crippen molar-refractivity contribution >= 4 is 35.0 Å². The summed E-state index contributed by atoms with van der Waals surface area (Å²) >= 11 is 1.37. The zero-order valence-corrected chi connectivity index (χ0v) is 13.3. The highest BCUT2D eigenvalue weighted by atomic mass is 32.1. The molecule has 24 heavy (non-hydrogen) atoms. The number of ketones is 1. The second-order valence-corrected chi connectivity index (χ2v) is 6.38. The molecule has 1 aromatic heterocycles. The van der Waals surface area contributed by atoms with E-state index in [4.69, 9.17) is 0 Å². The summed E-state index contributed by atoms with van der Waals surface area (Å²) in [5, 5.41) is 6.02. The third-order valence-electron chi connectivity index (χ3n) is 3.85. The molecule has 1 fully saturated rings. The summed E-state index contributed by atoms with van der Waals surface area (Å²) in [4.78, 5) is 48.9. The number of carbonyl (C=O) groups is 4. The molecule has 2 N–H and O–H groups in total. The quantitative estimate of drug-likeness (QED) is 0.643. The van der Waals surface area contributed by atoms with E-state index in [0.29, 0.717) is 5.56 Å². The van der Waals surface area contributed by atoms with E-state index in [2.05, 4.69) is 10.6 Å². The highest BCUT2D eigenvalue weighted by Crippen LogP contribution is 2.34. The Morgan fingerprint density at radius 1 is 1.00 bits per heavy atom. The van der Waals surface area contributed by atoms with Gasteiger partial charge in [0, 0.05) is 22.8 Å². The van der Waals surface area contributed by atoms with Gasteiger partial charge in [-0.05, 0) is 11.4 Å². The van der Waals surface area contributed by atoms with Crippen molar-refractivity contribution in [3.63, 3.8) is 0 Å². The highest BCUT2D eigenvalue weighted by Gasteiger charge is 2.42. The number of hydrogen-bond acceptors (Lipinski definition) is 5. The third-order valence-corrected chi connectivity index (χ3v) is 4.85. The number of carbonyl (C=O) groups excluding carboxylic acids is 4. The van der Waals surface area contributed by atoms with Crippen LogP contribution in [0.2, 0.25) is 0 Å². The Labute approximate surface area is 141 Å². The van der Waals surface area contributed by atoms with Crippen LogP contribution in [0.15, 0.2) is 47.8 Å². The average molecular weight is 342 g/mol. The van der Waals surface area contributed by atoms with Crippen LogP contribution in [0, 0.1) is 5.92 Å². The van der Waals surface area contributed by atoms with Crippen molar-refractivity contribution in [2.24, 2.45) is 5.92 Å². The molecule has 1 atom stereocenters. The van der Waals surface area contributed by atoms with Crippen LogP contribution in [0.25, 0.3) is 0 Å². The predicted octanol–water partition coefficient (Wildman–Crippen LogP) is 2.09. The molecule has 3 rings (SSSR count). The number of barbiturate groups is 1. The normalized spacial score (nSPS) is 16.4. The van der Waals surface area contributed by atoms with E-state index >= 15 is 0 Å². The van der Waals surface area contributed by atoms with Gasteiger partial charge in [0.15, 0.2) is 5.78 Å². The van der Waals surface area contributed by atoms with Gasteiger partial charge < -0.3 is 0 Å². The molecule has 1 aromatic carbocycles. The molecule has 6 nitrogen and oxygen atoms in total.